The van der Waals surface area contributed by atoms with Crippen LogP contribution in [0.3, 0.4) is 0 Å². The minimum Gasteiger partial charge on any atom is -0.353 e. The van der Waals surface area contributed by atoms with Crippen molar-refractivity contribution in [3.05, 3.63) is 42.2 Å². The van der Waals surface area contributed by atoms with Crippen molar-refractivity contribution in [1.82, 2.24) is 9.97 Å². The Labute approximate surface area is 102 Å². The van der Waals surface area contributed by atoms with E-state index in [9.17, 15) is 0 Å². The molecule has 0 spiro atoms. The highest BCUT2D eigenvalue weighted by molar-refractivity contribution is 6.07. The van der Waals surface area contributed by atoms with Gasteiger partial charge in [-0.1, -0.05) is 27.3 Å². The van der Waals surface area contributed by atoms with Gasteiger partial charge in [0.2, 0.25) is 0 Å². The minimum absolute atomic E-state index is 0. The second kappa shape index (κ2) is 4.21. The Bertz CT molecular complexity index is 650. The summed E-state index contributed by atoms with van der Waals surface area (Å²) in [5.41, 5.74) is 3.68. The Morgan fingerprint density at radius 3 is 2.65 bits per heavy atom. The zero-order valence-electron chi connectivity index (χ0n) is 9.49. The number of pyridine rings is 1. The van der Waals surface area contributed by atoms with Crippen molar-refractivity contribution >= 4 is 21.8 Å². The second-order valence-electron chi connectivity index (χ2n) is 4.51. The number of fused-ring (bicyclic) bond motifs is 3. The van der Waals surface area contributed by atoms with Crippen LogP contribution in [-0.4, -0.2) is 9.97 Å². The van der Waals surface area contributed by atoms with Gasteiger partial charge in [0.25, 0.3) is 0 Å². The summed E-state index contributed by atoms with van der Waals surface area (Å²) in [6.07, 6.45) is 3.72. The van der Waals surface area contributed by atoms with Crippen LogP contribution in [0.1, 0.15) is 32.8 Å². The molecule has 0 aliphatic rings. The first-order chi connectivity index (χ1) is 7.75. The molecule has 0 saturated heterocycles. The third kappa shape index (κ3) is 1.80. The Morgan fingerprint density at radius 1 is 1.06 bits per heavy atom. The van der Waals surface area contributed by atoms with Crippen molar-refractivity contribution in [2.75, 3.05) is 0 Å². The Kier molecular flexibility index (Phi) is 2.88. The summed E-state index contributed by atoms with van der Waals surface area (Å²) in [6, 6.07) is 8.69. The molecule has 0 unspecified atom stereocenters. The van der Waals surface area contributed by atoms with Gasteiger partial charge < -0.3 is 4.98 Å². The van der Waals surface area contributed by atoms with E-state index in [1.165, 1.54) is 21.9 Å². The Balaban J connectivity index is 0.00000108. The van der Waals surface area contributed by atoms with Gasteiger partial charge in [0.1, 0.15) is 0 Å². The van der Waals surface area contributed by atoms with Crippen molar-refractivity contribution in [3.63, 3.8) is 0 Å². The molecular formula is C15H18N2. The van der Waals surface area contributed by atoms with Crippen LogP contribution >= 0.6 is 0 Å². The lowest BCUT2D eigenvalue weighted by Gasteiger charge is -2.04. The van der Waals surface area contributed by atoms with Crippen LogP contribution in [0.5, 0.6) is 0 Å². The molecule has 88 valence electrons. The van der Waals surface area contributed by atoms with E-state index in [0.717, 1.165) is 5.52 Å². The number of hydrogen-bond acceptors (Lipinski definition) is 1. The van der Waals surface area contributed by atoms with Gasteiger partial charge in [-0.15, -0.1) is 0 Å². The molecule has 2 heteroatoms. The van der Waals surface area contributed by atoms with Gasteiger partial charge in [-0.2, -0.15) is 0 Å². The summed E-state index contributed by atoms with van der Waals surface area (Å²) in [5.74, 6) is 0.566. The van der Waals surface area contributed by atoms with Crippen molar-refractivity contribution in [3.8, 4) is 0 Å². The predicted molar refractivity (Wildman–Crippen MR) is 74.4 cm³/mol. The van der Waals surface area contributed by atoms with E-state index in [1.807, 2.05) is 12.4 Å². The predicted octanol–water partition coefficient (Wildman–Crippen LogP) is 4.48. The normalized spacial score (nSPS) is 11.0. The van der Waals surface area contributed by atoms with Gasteiger partial charge in [0, 0.05) is 22.5 Å². The highest BCUT2D eigenvalue weighted by Crippen LogP contribution is 2.27. The highest BCUT2D eigenvalue weighted by atomic mass is 14.7. The molecule has 0 aliphatic carbocycles. The molecule has 1 aromatic carbocycles. The largest absolute Gasteiger partial charge is 0.353 e. The maximum absolute atomic E-state index is 4.13. The quantitative estimate of drug-likeness (QED) is 0.651. The lowest BCUT2D eigenvalue weighted by molar-refractivity contribution is 0.869. The summed E-state index contributed by atoms with van der Waals surface area (Å²) < 4.78 is 0. The van der Waals surface area contributed by atoms with Gasteiger partial charge in [-0.25, -0.2) is 0 Å². The smallest absolute Gasteiger partial charge is 0.0651 e. The standard InChI is InChI=1S/C14H14N2.CH4/c1-9(2)10-3-4-13-12(7-10)11-5-6-15-8-14(11)16-13;/h3-9,16H,1-2H3;1H4. The molecule has 1 N–H and O–H groups in total. The van der Waals surface area contributed by atoms with E-state index in [-0.39, 0.29) is 7.43 Å². The first-order valence-corrected chi connectivity index (χ1v) is 5.61. The van der Waals surface area contributed by atoms with Crippen LogP contribution in [0, 0.1) is 0 Å². The number of rotatable bonds is 1. The average molecular weight is 226 g/mol. The molecule has 17 heavy (non-hydrogen) atoms. The average Bonchev–Trinajstić information content (AvgIpc) is 2.66. The number of benzene rings is 1. The zero-order valence-corrected chi connectivity index (χ0v) is 9.49. The number of hydrogen-bond donors (Lipinski definition) is 1. The third-order valence-corrected chi connectivity index (χ3v) is 3.09. The van der Waals surface area contributed by atoms with E-state index >= 15 is 0 Å². The molecule has 0 bridgehead atoms. The summed E-state index contributed by atoms with van der Waals surface area (Å²) in [4.78, 5) is 7.52. The van der Waals surface area contributed by atoms with Gasteiger partial charge in [0.15, 0.2) is 0 Å². The lowest BCUT2D eigenvalue weighted by Crippen LogP contribution is -1.85. The van der Waals surface area contributed by atoms with Crippen LogP contribution < -0.4 is 0 Å². The maximum Gasteiger partial charge on any atom is 0.0651 e. The minimum atomic E-state index is 0. The number of aromatic nitrogens is 2. The van der Waals surface area contributed by atoms with Crippen LogP contribution in [-0.2, 0) is 0 Å². The van der Waals surface area contributed by atoms with E-state index in [2.05, 4.69) is 48.1 Å². The van der Waals surface area contributed by atoms with Gasteiger partial charge in [-0.05, 0) is 29.7 Å². The molecule has 0 atom stereocenters. The zero-order chi connectivity index (χ0) is 11.1. The molecule has 2 aromatic heterocycles. The summed E-state index contributed by atoms with van der Waals surface area (Å²) in [6.45, 7) is 4.44. The monoisotopic (exact) mass is 226 g/mol. The fourth-order valence-corrected chi connectivity index (χ4v) is 2.13. The van der Waals surface area contributed by atoms with Crippen LogP contribution in [0.25, 0.3) is 21.8 Å². The lowest BCUT2D eigenvalue weighted by atomic mass is 10.0. The number of aromatic amines is 1. The van der Waals surface area contributed by atoms with Crippen molar-refractivity contribution < 1.29 is 0 Å². The first kappa shape index (κ1) is 11.6. The van der Waals surface area contributed by atoms with Gasteiger partial charge >= 0.3 is 0 Å². The van der Waals surface area contributed by atoms with Gasteiger partial charge in [-0.3, -0.25) is 4.98 Å². The second-order valence-corrected chi connectivity index (χ2v) is 4.51. The van der Waals surface area contributed by atoms with E-state index < -0.39 is 0 Å². The molecule has 0 fully saturated rings. The van der Waals surface area contributed by atoms with Crippen LogP contribution in [0.2, 0.25) is 0 Å². The Hall–Kier alpha value is -1.83. The first-order valence-electron chi connectivity index (χ1n) is 5.61. The molecule has 2 nitrogen and oxygen atoms in total. The number of H-pyrrole nitrogens is 1. The van der Waals surface area contributed by atoms with Crippen molar-refractivity contribution in [2.24, 2.45) is 0 Å². The maximum atomic E-state index is 4.13. The topological polar surface area (TPSA) is 28.7 Å². The van der Waals surface area contributed by atoms with Crippen LogP contribution in [0.15, 0.2) is 36.7 Å². The van der Waals surface area contributed by atoms with Crippen molar-refractivity contribution in [2.45, 2.75) is 27.2 Å². The molecule has 0 amide bonds. The molecule has 0 aliphatic heterocycles. The van der Waals surface area contributed by atoms with Crippen LogP contribution in [0.4, 0.5) is 0 Å². The highest BCUT2D eigenvalue weighted by Gasteiger charge is 2.06. The molecule has 3 rings (SSSR count). The number of nitrogens with zero attached hydrogens (tertiary/aromatic N) is 1. The summed E-state index contributed by atoms with van der Waals surface area (Å²) in [7, 11) is 0. The van der Waals surface area contributed by atoms with Gasteiger partial charge in [0.05, 0.1) is 11.7 Å². The molecule has 2 heterocycles. The molecule has 0 radical (unpaired) electrons. The Morgan fingerprint density at radius 2 is 1.88 bits per heavy atom. The molecule has 0 saturated carbocycles. The van der Waals surface area contributed by atoms with E-state index in [0.29, 0.717) is 5.92 Å². The van der Waals surface area contributed by atoms with E-state index in [4.69, 9.17) is 0 Å². The van der Waals surface area contributed by atoms with E-state index in [1.54, 1.807) is 0 Å². The molecular weight excluding hydrogens is 208 g/mol. The van der Waals surface area contributed by atoms with Crippen molar-refractivity contribution in [1.29, 1.82) is 0 Å². The fourth-order valence-electron chi connectivity index (χ4n) is 2.13. The number of nitrogens with one attached hydrogen (secondary N) is 1. The SMILES string of the molecule is C.CC(C)c1ccc2[nH]c3cnccc3c2c1. The summed E-state index contributed by atoms with van der Waals surface area (Å²) >= 11 is 0. The molecule has 3 aromatic rings. The summed E-state index contributed by atoms with van der Waals surface area (Å²) in [5, 5.41) is 2.55. The third-order valence-electron chi connectivity index (χ3n) is 3.09. The fraction of sp³-hybridized carbons (Fsp3) is 0.267.